The van der Waals surface area contributed by atoms with Gasteiger partial charge in [-0.2, -0.15) is 25.3 Å². The first-order valence-corrected chi connectivity index (χ1v) is 36.0. The second-order valence-electron chi connectivity index (χ2n) is 25.2. The average molecular weight is 1560 g/mol. The van der Waals surface area contributed by atoms with Crippen LogP contribution in [-0.2, 0) is 89.6 Å². The number of amides is 14. The van der Waals surface area contributed by atoms with Crippen molar-refractivity contribution in [1.82, 2.24) is 69.1 Å². The van der Waals surface area contributed by atoms with Crippen molar-refractivity contribution in [2.75, 3.05) is 44.3 Å². The first-order valence-electron chi connectivity index (χ1n) is 34.7. The van der Waals surface area contributed by atoms with E-state index in [0.29, 0.717) is 17.4 Å². The Bertz CT molecular complexity index is 3430. The maximum Gasteiger partial charge on any atom is 0.305 e. The number of aliphatic imine (C=N–C) groups is 2. The summed E-state index contributed by atoms with van der Waals surface area (Å²) in [5, 5.41) is 51.3. The monoisotopic (exact) mass is 1560 g/mol. The summed E-state index contributed by atoms with van der Waals surface area (Å²) in [7, 11) is 0. The molecule has 0 bridgehead atoms. The molecule has 0 fully saturated rings. The number of nitrogens with two attached hydrogens (primary N) is 6. The van der Waals surface area contributed by atoms with Gasteiger partial charge in [0.25, 0.3) is 0 Å². The van der Waals surface area contributed by atoms with Crippen LogP contribution in [0, 0.1) is 11.8 Å². The van der Waals surface area contributed by atoms with Crippen molar-refractivity contribution in [3.63, 3.8) is 0 Å². The summed E-state index contributed by atoms with van der Waals surface area (Å²) in [6.07, 6.45) is -1.27. The average Bonchev–Trinajstić information content (AvgIpc) is 0.830. The number of hydrogen-bond donors (Lipinski definition) is 23. The predicted molar refractivity (Wildman–Crippen MR) is 401 cm³/mol. The van der Waals surface area contributed by atoms with Crippen molar-refractivity contribution in [2.24, 2.45) is 56.2 Å². The molecular weight excluding hydrogens is 1450 g/mol. The van der Waals surface area contributed by atoms with E-state index in [-0.39, 0.29) is 101 Å². The number of aldehydes is 1. The fourth-order valence-electron chi connectivity index (χ4n) is 9.98. The van der Waals surface area contributed by atoms with Gasteiger partial charge in [0.1, 0.15) is 72.7 Å². The number of carboxylic acids is 1. The number of nitrogens with one attached hydrogen (secondary N) is 13. The number of guanidine groups is 2. The molecule has 0 spiro atoms. The van der Waals surface area contributed by atoms with Crippen LogP contribution in [0.1, 0.15) is 104 Å². The van der Waals surface area contributed by atoms with Crippen LogP contribution in [-0.4, -0.2) is 234 Å². The van der Waals surface area contributed by atoms with Gasteiger partial charge in [-0.15, -0.1) is 0 Å². The fraction of sp³-hybridized carbons (Fsp3) is 0.552. The van der Waals surface area contributed by atoms with Gasteiger partial charge in [0.05, 0.1) is 32.2 Å². The summed E-state index contributed by atoms with van der Waals surface area (Å²) >= 11 is 8.36. The molecule has 0 saturated heterocycles. The lowest BCUT2D eigenvalue weighted by molar-refractivity contribution is -0.142. The number of thiol groups is 2. The highest BCUT2D eigenvalue weighted by molar-refractivity contribution is 7.80. The topological polar surface area (TPSA) is 651 Å². The van der Waals surface area contributed by atoms with Gasteiger partial charge < -0.3 is 119 Å². The molecule has 41 heteroatoms. The molecule has 0 aliphatic heterocycles. The molecule has 2 aromatic rings. The van der Waals surface area contributed by atoms with Gasteiger partial charge >= 0.3 is 5.97 Å². The molecular formula is C67H105N21O18S2. The molecule has 2 rings (SSSR count). The lowest BCUT2D eigenvalue weighted by Crippen LogP contribution is -2.62. The lowest BCUT2D eigenvalue weighted by Gasteiger charge is -2.30. The van der Waals surface area contributed by atoms with E-state index in [2.05, 4.69) is 104 Å². The molecule has 0 aliphatic carbocycles. The number of benzene rings is 2. The predicted octanol–water partition coefficient (Wildman–Crippen LogP) is -7.63. The standard InChI is InChI=1S/C67H105N21O18S2/c1-6-35(3)53(87-58(99)42(20-14-24-74-66(70)71)80-51(93)30-76-50(92)29-77-57(98)44(26-38-16-10-8-11-17-38)82-55(96)37(5)78-62(103)47(33-107)85-56(97)41(68)32-90)64(105)84-46(28-52(94)95)61(102)81-43(21-15-25-75-67(72)73)59(100)88-54(36(4)7-2)65(106)86-48(34-108)63(104)83-45(27-39-18-12-9-13-19-39)60(101)79-40(31-89)22-23-49(69)91/h8-13,16-19,31,35-37,40-48,53-54,90,107-108H,6-7,14-15,20-30,32-34,68H2,1-5H3,(H2,69,91)(H,76,92)(H,77,98)(H,78,103)(H,79,101)(H,80,93)(H,81,102)(H,82,96)(H,83,104)(H,84,105)(H,85,97)(H,86,106)(H,87,99)(H,88,100)(H,94,95)(H4,70,71,74)(H4,72,73,75)/t35-,36-,37-,40-,41-,42-,43-,44-,45-,46-,47-,48-,53-,54-/m0/s1. The summed E-state index contributed by atoms with van der Waals surface area (Å²) in [6.45, 7) is 5.35. The number of primary amides is 1. The molecule has 27 N–H and O–H groups in total. The Morgan fingerprint density at radius 1 is 0.463 bits per heavy atom. The quantitative estimate of drug-likeness (QED) is 0.00962. The third-order valence-corrected chi connectivity index (χ3v) is 17.3. The van der Waals surface area contributed by atoms with Gasteiger partial charge in [-0.3, -0.25) is 81.9 Å². The largest absolute Gasteiger partial charge is 0.481 e. The maximum absolute atomic E-state index is 14.5. The van der Waals surface area contributed by atoms with E-state index >= 15 is 0 Å². The van der Waals surface area contributed by atoms with Gasteiger partial charge in [-0.1, -0.05) is 101 Å². The van der Waals surface area contributed by atoms with Crippen LogP contribution in [0.5, 0.6) is 0 Å². The molecule has 14 amide bonds. The minimum atomic E-state index is -1.97. The fourth-order valence-corrected chi connectivity index (χ4v) is 10.5. The maximum atomic E-state index is 14.5. The Balaban J connectivity index is 2.39. The number of aliphatic hydroxyl groups excluding tert-OH is 1. The molecule has 39 nitrogen and oxygen atoms in total. The summed E-state index contributed by atoms with van der Waals surface area (Å²) in [5.41, 5.74) is 34.0. The van der Waals surface area contributed by atoms with Crippen molar-refractivity contribution in [2.45, 2.75) is 178 Å². The first-order chi connectivity index (χ1) is 51.1. The minimum absolute atomic E-state index is 0.0131. The van der Waals surface area contributed by atoms with Gasteiger partial charge in [-0.05, 0) is 62.0 Å². The zero-order valence-corrected chi connectivity index (χ0v) is 62.6. The molecule has 2 aromatic carbocycles. The second kappa shape index (κ2) is 50.0. The third-order valence-electron chi connectivity index (χ3n) is 16.6. The van der Waals surface area contributed by atoms with Crippen LogP contribution in [0.15, 0.2) is 70.6 Å². The number of rotatable bonds is 51. The molecule has 0 unspecified atom stereocenters. The van der Waals surface area contributed by atoms with Crippen molar-refractivity contribution in [3.05, 3.63) is 71.8 Å². The number of aliphatic hydroxyl groups is 1. The van der Waals surface area contributed by atoms with Crippen LogP contribution in [0.2, 0.25) is 0 Å². The molecule has 14 atom stereocenters. The second-order valence-corrected chi connectivity index (χ2v) is 26.0. The SMILES string of the molecule is CC[C@H](C)[C@H](NC(=O)[C@H](CCCN=C(N)N)NC(=O)CNC(=O)CNC(=O)[C@H](Cc1ccccc1)NC(=O)[C@H](C)NC(=O)[C@H](CS)NC(=O)[C@@H](N)CO)C(=O)N[C@@H](CC(=O)O)C(=O)N[C@@H](CCCN=C(N)N)C(=O)N[C@H](C(=O)N[C@@H](CS)C(=O)N[C@@H](Cc1ccccc1)C(=O)N[C@H](C=O)CCC(N)=O)[C@@H](C)CC. The lowest BCUT2D eigenvalue weighted by atomic mass is 9.96. The highest BCUT2D eigenvalue weighted by Crippen LogP contribution is 2.15. The number of nitrogens with zero attached hydrogens (tertiary/aromatic N) is 2. The number of carbonyl (C=O) groups excluding carboxylic acids is 15. The molecule has 0 aliphatic rings. The number of aliphatic carboxylic acids is 1. The van der Waals surface area contributed by atoms with Gasteiger partial charge in [0.2, 0.25) is 82.7 Å². The highest BCUT2D eigenvalue weighted by atomic mass is 32.1. The number of carboxylic acid groups (broad SMARTS) is 1. The Kier molecular flexibility index (Phi) is 43.2. The van der Waals surface area contributed by atoms with E-state index in [1.165, 1.54) is 13.8 Å². The Hall–Kier alpha value is -10.7. The number of hydrogen-bond acceptors (Lipinski definition) is 22. The molecule has 0 saturated carbocycles. The van der Waals surface area contributed by atoms with Crippen LogP contribution in [0.4, 0.5) is 0 Å². The molecule has 108 heavy (non-hydrogen) atoms. The van der Waals surface area contributed by atoms with Gasteiger partial charge in [0, 0.05) is 43.9 Å². The zero-order valence-electron chi connectivity index (χ0n) is 60.8. The smallest absolute Gasteiger partial charge is 0.305 e. The van der Waals surface area contributed by atoms with Crippen molar-refractivity contribution < 1.29 is 86.9 Å². The van der Waals surface area contributed by atoms with E-state index in [4.69, 9.17) is 34.4 Å². The van der Waals surface area contributed by atoms with E-state index in [9.17, 15) is 86.9 Å². The Morgan fingerprint density at radius 2 is 0.861 bits per heavy atom. The Labute approximate surface area is 635 Å². The van der Waals surface area contributed by atoms with E-state index in [0.717, 1.165) is 0 Å². The molecule has 0 radical (unpaired) electrons. The van der Waals surface area contributed by atoms with Crippen LogP contribution >= 0.6 is 25.3 Å². The number of carbonyl (C=O) groups is 16. The summed E-state index contributed by atoms with van der Waals surface area (Å²) in [6, 6.07) is -0.484. The minimum Gasteiger partial charge on any atom is -0.481 e. The summed E-state index contributed by atoms with van der Waals surface area (Å²) < 4.78 is 0. The third kappa shape index (κ3) is 35.6. The zero-order chi connectivity index (χ0) is 81.2. The van der Waals surface area contributed by atoms with Crippen molar-refractivity contribution in [1.29, 1.82) is 0 Å². The van der Waals surface area contributed by atoms with Crippen molar-refractivity contribution in [3.8, 4) is 0 Å². The van der Waals surface area contributed by atoms with E-state index in [1.807, 2.05) is 0 Å². The summed E-state index contributed by atoms with van der Waals surface area (Å²) in [4.78, 5) is 222. The molecule has 0 heterocycles. The van der Waals surface area contributed by atoms with Gasteiger partial charge in [0.15, 0.2) is 11.9 Å². The van der Waals surface area contributed by atoms with Crippen LogP contribution in [0.25, 0.3) is 0 Å². The van der Waals surface area contributed by atoms with Gasteiger partial charge in [-0.25, -0.2) is 0 Å². The normalized spacial score (nSPS) is 14.8. The summed E-state index contributed by atoms with van der Waals surface area (Å²) in [5.74, 6) is -17.3. The Morgan fingerprint density at radius 3 is 1.31 bits per heavy atom. The van der Waals surface area contributed by atoms with Crippen LogP contribution in [0.3, 0.4) is 0 Å². The van der Waals surface area contributed by atoms with Crippen molar-refractivity contribution >= 4 is 132 Å². The van der Waals surface area contributed by atoms with Crippen LogP contribution < -0.4 is 104 Å². The molecule has 0 aromatic heterocycles. The molecule has 598 valence electrons. The van der Waals surface area contributed by atoms with E-state index < -0.39 is 199 Å². The first kappa shape index (κ1) is 93.4. The van der Waals surface area contributed by atoms with E-state index in [1.54, 1.807) is 81.4 Å². The highest BCUT2D eigenvalue weighted by Gasteiger charge is 2.38.